The maximum absolute atomic E-state index is 12.3. The second-order valence-electron chi connectivity index (χ2n) is 5.68. The van der Waals surface area contributed by atoms with Gasteiger partial charge in [0.1, 0.15) is 11.5 Å². The number of anilines is 1. The van der Waals surface area contributed by atoms with Crippen molar-refractivity contribution in [3.05, 3.63) is 23.9 Å². The Hall–Kier alpha value is -1.62. The molecule has 0 bridgehead atoms. The predicted octanol–water partition coefficient (Wildman–Crippen LogP) is 1.48. The number of fused-ring (bicyclic) bond motifs is 1. The van der Waals surface area contributed by atoms with E-state index < -0.39 is 0 Å². The predicted molar refractivity (Wildman–Crippen MR) is 78.9 cm³/mol. The van der Waals surface area contributed by atoms with Crippen molar-refractivity contribution >= 4 is 11.7 Å². The van der Waals surface area contributed by atoms with Gasteiger partial charge in [-0.3, -0.25) is 4.79 Å². The minimum absolute atomic E-state index is 0.0569. The van der Waals surface area contributed by atoms with E-state index >= 15 is 0 Å². The molecule has 2 saturated heterocycles. The van der Waals surface area contributed by atoms with Crippen molar-refractivity contribution in [2.45, 2.75) is 37.8 Å². The topological polar surface area (TPSA) is 57.3 Å². The van der Waals surface area contributed by atoms with Crippen LogP contribution in [0.25, 0.3) is 0 Å². The number of hydrogen-bond acceptors (Lipinski definition) is 4. The third-order valence-electron chi connectivity index (χ3n) is 4.39. The van der Waals surface area contributed by atoms with E-state index in [1.807, 2.05) is 12.1 Å². The monoisotopic (exact) mass is 274 g/mol. The van der Waals surface area contributed by atoms with E-state index in [0.29, 0.717) is 17.8 Å². The zero-order chi connectivity index (χ0) is 13.9. The Kier molecular flexibility index (Phi) is 3.87. The first-order valence-corrected chi connectivity index (χ1v) is 7.46. The SMILES string of the molecule is CNc1cccc(C(=O)NC2CCN3CCCC3C2)n1. The highest BCUT2D eigenvalue weighted by Crippen LogP contribution is 2.26. The molecule has 0 aliphatic carbocycles. The Morgan fingerprint density at radius 2 is 2.25 bits per heavy atom. The third-order valence-corrected chi connectivity index (χ3v) is 4.39. The number of nitrogens with zero attached hydrogens (tertiary/aromatic N) is 2. The van der Waals surface area contributed by atoms with Crippen LogP contribution in [0.1, 0.15) is 36.2 Å². The fourth-order valence-corrected chi connectivity index (χ4v) is 3.32. The molecule has 2 atom stereocenters. The van der Waals surface area contributed by atoms with E-state index in [2.05, 4.69) is 20.5 Å². The van der Waals surface area contributed by atoms with Gasteiger partial charge in [0.15, 0.2) is 0 Å². The summed E-state index contributed by atoms with van der Waals surface area (Å²) in [6.07, 6.45) is 4.71. The lowest BCUT2D eigenvalue weighted by molar-refractivity contribution is 0.0891. The van der Waals surface area contributed by atoms with Crippen LogP contribution in [0.3, 0.4) is 0 Å². The van der Waals surface area contributed by atoms with Crippen LogP contribution in [0.4, 0.5) is 5.82 Å². The van der Waals surface area contributed by atoms with Gasteiger partial charge in [-0.15, -0.1) is 0 Å². The van der Waals surface area contributed by atoms with Crippen LogP contribution in [-0.4, -0.2) is 48.0 Å². The molecule has 2 aliphatic heterocycles. The van der Waals surface area contributed by atoms with E-state index in [4.69, 9.17) is 0 Å². The summed E-state index contributed by atoms with van der Waals surface area (Å²) in [5.41, 5.74) is 0.491. The Morgan fingerprint density at radius 1 is 1.35 bits per heavy atom. The van der Waals surface area contributed by atoms with Gasteiger partial charge in [-0.1, -0.05) is 6.07 Å². The lowest BCUT2D eigenvalue weighted by Crippen LogP contribution is -2.47. The van der Waals surface area contributed by atoms with Gasteiger partial charge >= 0.3 is 0 Å². The second kappa shape index (κ2) is 5.79. The standard InChI is InChI=1S/C15H22N4O/c1-16-14-6-2-5-13(18-14)15(20)17-11-7-9-19-8-3-4-12(19)10-11/h2,5-6,11-12H,3-4,7-10H2,1H3,(H,16,18)(H,17,20). The summed E-state index contributed by atoms with van der Waals surface area (Å²) in [5, 5.41) is 6.10. The third kappa shape index (κ3) is 2.77. The van der Waals surface area contributed by atoms with Crippen LogP contribution >= 0.6 is 0 Å². The number of piperidine rings is 1. The maximum Gasteiger partial charge on any atom is 0.270 e. The van der Waals surface area contributed by atoms with Crippen LogP contribution < -0.4 is 10.6 Å². The molecule has 5 nitrogen and oxygen atoms in total. The van der Waals surface area contributed by atoms with Crippen LogP contribution in [0.15, 0.2) is 18.2 Å². The molecule has 108 valence electrons. The largest absolute Gasteiger partial charge is 0.373 e. The average Bonchev–Trinajstić information content (AvgIpc) is 2.95. The summed E-state index contributed by atoms with van der Waals surface area (Å²) in [7, 11) is 1.81. The van der Waals surface area contributed by atoms with Crippen molar-refractivity contribution in [2.24, 2.45) is 0 Å². The number of carbonyl (C=O) groups excluding carboxylic acids is 1. The summed E-state index contributed by atoms with van der Waals surface area (Å²) in [5.74, 6) is 0.668. The van der Waals surface area contributed by atoms with Gasteiger partial charge < -0.3 is 15.5 Å². The van der Waals surface area contributed by atoms with Gasteiger partial charge in [0, 0.05) is 25.7 Å². The van der Waals surface area contributed by atoms with Gasteiger partial charge in [0.25, 0.3) is 5.91 Å². The molecule has 2 N–H and O–H groups in total. The minimum Gasteiger partial charge on any atom is -0.373 e. The Bertz CT molecular complexity index is 491. The van der Waals surface area contributed by atoms with E-state index in [1.54, 1.807) is 13.1 Å². The zero-order valence-electron chi connectivity index (χ0n) is 11.9. The lowest BCUT2D eigenvalue weighted by Gasteiger charge is -2.35. The van der Waals surface area contributed by atoms with Crippen molar-refractivity contribution in [1.82, 2.24) is 15.2 Å². The van der Waals surface area contributed by atoms with E-state index in [9.17, 15) is 4.79 Å². The van der Waals surface area contributed by atoms with Gasteiger partial charge in [0.2, 0.25) is 0 Å². The number of amides is 1. The first kappa shape index (κ1) is 13.4. The molecule has 1 aromatic heterocycles. The molecular weight excluding hydrogens is 252 g/mol. The smallest absolute Gasteiger partial charge is 0.270 e. The lowest BCUT2D eigenvalue weighted by atomic mass is 9.97. The summed E-state index contributed by atoms with van der Waals surface area (Å²) in [6, 6.07) is 6.44. The number of nitrogens with one attached hydrogen (secondary N) is 2. The number of rotatable bonds is 3. The number of carbonyl (C=O) groups is 1. The Balaban J connectivity index is 1.61. The highest BCUT2D eigenvalue weighted by Gasteiger charge is 2.32. The first-order chi connectivity index (χ1) is 9.76. The minimum atomic E-state index is -0.0569. The van der Waals surface area contributed by atoms with Crippen molar-refractivity contribution in [3.8, 4) is 0 Å². The molecule has 20 heavy (non-hydrogen) atoms. The first-order valence-electron chi connectivity index (χ1n) is 7.46. The molecular formula is C15H22N4O. The number of aromatic nitrogens is 1. The van der Waals surface area contributed by atoms with Crippen LogP contribution in [-0.2, 0) is 0 Å². The van der Waals surface area contributed by atoms with Gasteiger partial charge in [-0.05, 0) is 44.4 Å². The van der Waals surface area contributed by atoms with Crippen molar-refractivity contribution in [2.75, 3.05) is 25.5 Å². The fraction of sp³-hybridized carbons (Fsp3) is 0.600. The van der Waals surface area contributed by atoms with Gasteiger partial charge in [-0.2, -0.15) is 0 Å². The Labute approximate surface area is 119 Å². The summed E-state index contributed by atoms with van der Waals surface area (Å²) in [4.78, 5) is 19.1. The quantitative estimate of drug-likeness (QED) is 0.876. The molecule has 3 heterocycles. The molecule has 2 aliphatic rings. The molecule has 3 rings (SSSR count). The molecule has 0 radical (unpaired) electrons. The van der Waals surface area contributed by atoms with Crippen molar-refractivity contribution in [1.29, 1.82) is 0 Å². The number of hydrogen-bond donors (Lipinski definition) is 2. The highest BCUT2D eigenvalue weighted by molar-refractivity contribution is 5.92. The van der Waals surface area contributed by atoms with Crippen molar-refractivity contribution in [3.63, 3.8) is 0 Å². The van der Waals surface area contributed by atoms with Gasteiger partial charge in [0.05, 0.1) is 0 Å². The highest BCUT2D eigenvalue weighted by atomic mass is 16.1. The fourth-order valence-electron chi connectivity index (χ4n) is 3.32. The molecule has 1 amide bonds. The molecule has 1 aromatic rings. The molecule has 5 heteroatoms. The van der Waals surface area contributed by atoms with Crippen LogP contribution in [0, 0.1) is 0 Å². The van der Waals surface area contributed by atoms with E-state index in [-0.39, 0.29) is 5.91 Å². The van der Waals surface area contributed by atoms with Crippen molar-refractivity contribution < 1.29 is 4.79 Å². The normalized spacial score (nSPS) is 26.1. The zero-order valence-corrected chi connectivity index (χ0v) is 11.9. The van der Waals surface area contributed by atoms with E-state index in [0.717, 1.165) is 25.2 Å². The van der Waals surface area contributed by atoms with Crippen LogP contribution in [0.5, 0.6) is 0 Å². The summed E-state index contributed by atoms with van der Waals surface area (Å²) >= 11 is 0. The summed E-state index contributed by atoms with van der Waals surface area (Å²) < 4.78 is 0. The average molecular weight is 274 g/mol. The molecule has 0 saturated carbocycles. The molecule has 2 fully saturated rings. The maximum atomic E-state index is 12.3. The second-order valence-corrected chi connectivity index (χ2v) is 5.68. The molecule has 0 spiro atoms. The van der Waals surface area contributed by atoms with E-state index in [1.165, 1.54) is 19.4 Å². The summed E-state index contributed by atoms with van der Waals surface area (Å²) in [6.45, 7) is 2.34. The molecule has 2 unspecified atom stereocenters. The number of pyridine rings is 1. The van der Waals surface area contributed by atoms with Gasteiger partial charge in [-0.25, -0.2) is 4.98 Å². The van der Waals surface area contributed by atoms with Crippen LogP contribution in [0.2, 0.25) is 0 Å². The Morgan fingerprint density at radius 3 is 3.10 bits per heavy atom. The molecule has 0 aromatic carbocycles.